The van der Waals surface area contributed by atoms with Crippen LogP contribution >= 0.6 is 0 Å². The summed E-state index contributed by atoms with van der Waals surface area (Å²) in [6.07, 6.45) is 0. The fourth-order valence-corrected chi connectivity index (χ4v) is 10.4. The molecule has 0 aliphatic rings. The van der Waals surface area contributed by atoms with Crippen LogP contribution < -0.4 is 10.4 Å². The van der Waals surface area contributed by atoms with E-state index in [0.29, 0.717) is 124 Å². The fourth-order valence-electron chi connectivity index (χ4n) is 5.84. The van der Waals surface area contributed by atoms with Gasteiger partial charge in [0.2, 0.25) is 0 Å². The van der Waals surface area contributed by atoms with Gasteiger partial charge in [-0.3, -0.25) is 4.79 Å². The predicted octanol–water partition coefficient (Wildman–Crippen LogP) is 4.14. The number of benzene rings is 3. The summed E-state index contributed by atoms with van der Waals surface area (Å²) in [5, 5.41) is 2.45. The van der Waals surface area contributed by atoms with Crippen LogP contribution in [0.3, 0.4) is 0 Å². The third-order valence-electron chi connectivity index (χ3n) is 8.62. The van der Waals surface area contributed by atoms with Crippen molar-refractivity contribution in [1.82, 2.24) is 0 Å². The molecule has 0 radical (unpaired) electrons. The van der Waals surface area contributed by atoms with Gasteiger partial charge in [0, 0.05) is 5.56 Å². The Morgan fingerprint density at radius 3 is 0.983 bits per heavy atom. The maximum absolute atomic E-state index is 11.9. The van der Waals surface area contributed by atoms with E-state index in [2.05, 4.69) is 69.3 Å². The van der Waals surface area contributed by atoms with Crippen molar-refractivity contribution in [2.24, 2.45) is 0 Å². The first-order chi connectivity index (χ1) is 28.4. The normalized spacial score (nSPS) is 11.8. The van der Waals surface area contributed by atoms with Crippen LogP contribution in [0.1, 0.15) is 31.1 Å². The van der Waals surface area contributed by atoms with Gasteiger partial charge in [-0.2, -0.15) is 0 Å². The van der Waals surface area contributed by atoms with E-state index in [0.717, 1.165) is 0 Å². The van der Waals surface area contributed by atoms with Gasteiger partial charge >= 0.3 is 5.97 Å². The molecule has 0 N–H and O–H groups in total. The van der Waals surface area contributed by atoms with Gasteiger partial charge in [0.1, 0.15) is 6.61 Å². The quantitative estimate of drug-likeness (QED) is 0.0277. The monoisotopic (exact) mass is 828 g/mol. The first-order valence-electron chi connectivity index (χ1n) is 20.1. The lowest BCUT2D eigenvalue weighted by molar-refractivity contribution is -0.139. The maximum Gasteiger partial charge on any atom is 0.379 e. The maximum atomic E-state index is 11.9. The lowest BCUT2D eigenvalue weighted by atomic mass is 10.1. The topological polar surface area (TPSA) is 136 Å². The summed E-state index contributed by atoms with van der Waals surface area (Å²) in [7, 11) is -2.55. The Labute approximate surface area is 345 Å². The van der Waals surface area contributed by atoms with Crippen LogP contribution in [-0.2, 0) is 56.6 Å². The van der Waals surface area contributed by atoms with Crippen molar-refractivity contribution in [1.29, 1.82) is 0 Å². The van der Waals surface area contributed by atoms with E-state index in [4.69, 9.17) is 51.8 Å². The van der Waals surface area contributed by atoms with E-state index in [-0.39, 0.29) is 18.3 Å². The van der Waals surface area contributed by atoms with Crippen molar-refractivity contribution in [2.45, 2.75) is 25.8 Å². The van der Waals surface area contributed by atoms with Crippen LogP contribution in [-0.4, -0.2) is 152 Å². The van der Waals surface area contributed by atoms with Crippen molar-refractivity contribution in [2.75, 3.05) is 132 Å². The number of esters is 1. The lowest BCUT2D eigenvalue weighted by Crippen LogP contribution is -2.66. The molecule has 0 aliphatic heterocycles. The molecule has 0 aromatic heterocycles. The molecule has 0 atom stereocenters. The molecule has 58 heavy (non-hydrogen) atoms. The van der Waals surface area contributed by atoms with Gasteiger partial charge in [0.25, 0.3) is 14.1 Å². The fraction of sp³-hybridized carbons (Fsp3) is 0.545. The molecule has 0 spiro atoms. The third kappa shape index (κ3) is 19.6. The van der Waals surface area contributed by atoms with Gasteiger partial charge in [-0.1, -0.05) is 112 Å². The van der Waals surface area contributed by atoms with Gasteiger partial charge < -0.3 is 51.8 Å². The smallest absolute Gasteiger partial charge is 0.379 e. The summed E-state index contributed by atoms with van der Waals surface area (Å²) < 4.78 is 61.7. The minimum atomic E-state index is -2.55. The Morgan fingerprint density at radius 1 is 0.397 bits per heavy atom. The molecule has 322 valence electrons. The number of ketones is 1. The zero-order valence-corrected chi connectivity index (χ0v) is 35.6. The van der Waals surface area contributed by atoms with Gasteiger partial charge in [-0.25, -0.2) is 4.79 Å². The van der Waals surface area contributed by atoms with Crippen molar-refractivity contribution >= 4 is 30.4 Å². The molecule has 0 unspecified atom stereocenters. The third-order valence-corrected chi connectivity index (χ3v) is 13.7. The number of carbonyl (C=O) groups is 2. The van der Waals surface area contributed by atoms with Crippen LogP contribution in [0, 0.1) is 0 Å². The Hall–Kier alpha value is -3.38. The molecule has 0 heterocycles. The minimum absolute atomic E-state index is 0.00475. The number of hydrogen-bond acceptors (Lipinski definition) is 13. The second kappa shape index (κ2) is 30.6. The second-order valence-electron chi connectivity index (χ2n) is 13.9. The van der Waals surface area contributed by atoms with E-state index < -0.39 is 20.1 Å². The summed E-state index contributed by atoms with van der Waals surface area (Å²) in [6, 6.07) is 29.5. The molecule has 0 saturated carbocycles. The molecule has 0 aliphatic carbocycles. The summed E-state index contributed by atoms with van der Waals surface area (Å²) in [6.45, 7) is 15.3. The summed E-state index contributed by atoms with van der Waals surface area (Å²) >= 11 is 0. The van der Waals surface area contributed by atoms with Crippen LogP contribution in [0.15, 0.2) is 91.0 Å². The van der Waals surface area contributed by atoms with Gasteiger partial charge in [0.15, 0.2) is 0 Å². The first kappa shape index (κ1) is 49.0. The van der Waals surface area contributed by atoms with Crippen LogP contribution in [0.4, 0.5) is 0 Å². The Morgan fingerprint density at radius 2 is 0.672 bits per heavy atom. The number of Topliss-reactive ketones (excluding diaryl/α,β-unsaturated/α-hetero) is 1. The van der Waals surface area contributed by atoms with Crippen molar-refractivity contribution in [3.63, 3.8) is 0 Å². The molecule has 3 aromatic carbocycles. The van der Waals surface area contributed by atoms with E-state index in [1.54, 1.807) is 30.3 Å². The molecule has 3 rings (SSSR count). The summed E-state index contributed by atoms with van der Waals surface area (Å²) in [5.74, 6) is -1.57. The first-order valence-corrected chi connectivity index (χ1v) is 22.0. The Balaban J connectivity index is 1.01. The minimum Gasteiger partial charge on any atom is -0.457 e. The highest BCUT2D eigenvalue weighted by Crippen LogP contribution is 2.36. The molecular formula is C44H64O13Si. The van der Waals surface area contributed by atoms with E-state index >= 15 is 0 Å². The molecule has 0 saturated heterocycles. The standard InChI is InChI=1S/C44H64O13Si/c1-44(2,3)58(40-15-9-5-10-16-40,41-17-11-6-12-18-41)57-38-36-55-34-32-53-30-28-51-26-24-49-22-20-47-19-21-48-23-25-50-27-29-52-31-33-54-35-37-56-43(46)42(45)39-13-7-4-8-14-39/h4-18H,19-38H2,1-3H3. The van der Waals surface area contributed by atoms with Crippen LogP contribution in [0.2, 0.25) is 5.04 Å². The van der Waals surface area contributed by atoms with Crippen LogP contribution in [0.5, 0.6) is 0 Å². The number of rotatable bonds is 35. The second-order valence-corrected chi connectivity index (χ2v) is 18.2. The molecule has 0 bridgehead atoms. The van der Waals surface area contributed by atoms with Gasteiger partial charge in [0.05, 0.1) is 126 Å². The zero-order valence-electron chi connectivity index (χ0n) is 34.6. The zero-order chi connectivity index (χ0) is 41.4. The Bertz CT molecular complexity index is 1420. The van der Waals surface area contributed by atoms with Crippen molar-refractivity contribution < 1.29 is 61.4 Å². The van der Waals surface area contributed by atoms with Gasteiger partial charge in [-0.15, -0.1) is 0 Å². The summed E-state index contributed by atoms with van der Waals surface area (Å²) in [4.78, 5) is 23.7. The predicted molar refractivity (Wildman–Crippen MR) is 223 cm³/mol. The molecule has 13 nitrogen and oxygen atoms in total. The molecule has 0 fully saturated rings. The van der Waals surface area contributed by atoms with Gasteiger partial charge in [-0.05, 0) is 15.4 Å². The highest BCUT2D eigenvalue weighted by Gasteiger charge is 2.50. The highest BCUT2D eigenvalue weighted by atomic mass is 28.4. The van der Waals surface area contributed by atoms with Crippen molar-refractivity contribution in [3.05, 3.63) is 96.6 Å². The van der Waals surface area contributed by atoms with E-state index in [9.17, 15) is 9.59 Å². The Kier molecular flexibility index (Phi) is 25.9. The number of ether oxygens (including phenoxy) is 10. The molecule has 0 amide bonds. The average Bonchev–Trinajstić information content (AvgIpc) is 3.24. The SMILES string of the molecule is CC(C)(C)[Si](OCCOCCOCCOCCOCCOCCOCCOCCOCCOCCOC(=O)C(=O)c1ccccc1)(c1ccccc1)c1ccccc1. The number of hydrogen-bond donors (Lipinski definition) is 0. The largest absolute Gasteiger partial charge is 0.457 e. The molecule has 14 heteroatoms. The summed E-state index contributed by atoms with van der Waals surface area (Å²) in [5.41, 5.74) is 0.295. The highest BCUT2D eigenvalue weighted by molar-refractivity contribution is 6.99. The lowest BCUT2D eigenvalue weighted by Gasteiger charge is -2.43. The average molecular weight is 829 g/mol. The van der Waals surface area contributed by atoms with Crippen LogP contribution in [0.25, 0.3) is 0 Å². The molecular weight excluding hydrogens is 765 g/mol. The van der Waals surface area contributed by atoms with E-state index in [1.165, 1.54) is 10.4 Å². The van der Waals surface area contributed by atoms with Crippen molar-refractivity contribution in [3.8, 4) is 0 Å². The molecule has 3 aromatic rings. The number of carbonyl (C=O) groups excluding carboxylic acids is 2. The van der Waals surface area contributed by atoms with E-state index in [1.807, 2.05) is 12.1 Å².